The molecule has 0 aliphatic rings. The first-order valence-electron chi connectivity index (χ1n) is 5.25. The van der Waals surface area contributed by atoms with Crippen LogP contribution in [0.2, 0.25) is 5.02 Å². The molecule has 0 amide bonds. The fraction of sp³-hybridized carbons (Fsp3) is 0.636. The molecule has 0 fully saturated rings. The minimum absolute atomic E-state index is 0.360. The molecule has 86 valence electrons. The summed E-state index contributed by atoms with van der Waals surface area (Å²) in [5, 5.41) is 4.17. The van der Waals surface area contributed by atoms with Crippen LogP contribution in [0.25, 0.3) is 0 Å². The molecule has 1 heterocycles. The number of halogens is 1. The molecule has 1 unspecified atom stereocenters. The van der Waals surface area contributed by atoms with E-state index in [0.29, 0.717) is 6.04 Å². The van der Waals surface area contributed by atoms with E-state index in [1.54, 1.807) is 0 Å². The van der Waals surface area contributed by atoms with Crippen LogP contribution in [0.15, 0.2) is 12.3 Å². The summed E-state index contributed by atoms with van der Waals surface area (Å²) < 4.78 is 7.35. The van der Waals surface area contributed by atoms with Gasteiger partial charge in [0.25, 0.3) is 0 Å². The Hall–Kier alpha value is -0.510. The number of ether oxygens (including phenoxy) is 1. The lowest BCUT2D eigenvalue weighted by atomic mass is 10.3. The molecule has 0 aromatic carbocycles. The molecule has 15 heavy (non-hydrogen) atoms. The first-order valence-corrected chi connectivity index (χ1v) is 5.63. The average Bonchev–Trinajstić information content (AvgIpc) is 2.51. The molecule has 4 heteroatoms. The fourth-order valence-corrected chi connectivity index (χ4v) is 1.65. The second kappa shape index (κ2) is 6.16. The largest absolute Gasteiger partial charge is 0.380 e. The number of rotatable bonds is 6. The van der Waals surface area contributed by atoms with E-state index in [4.69, 9.17) is 16.3 Å². The molecule has 0 saturated carbocycles. The van der Waals surface area contributed by atoms with Crippen molar-refractivity contribution in [3.05, 3.63) is 23.0 Å². The van der Waals surface area contributed by atoms with Gasteiger partial charge in [0, 0.05) is 38.1 Å². The van der Waals surface area contributed by atoms with E-state index >= 15 is 0 Å². The number of nitrogens with one attached hydrogen (secondary N) is 1. The van der Waals surface area contributed by atoms with Crippen molar-refractivity contribution in [3.8, 4) is 0 Å². The number of hydrogen-bond donors (Lipinski definition) is 1. The first kappa shape index (κ1) is 12.6. The summed E-state index contributed by atoms with van der Waals surface area (Å²) in [4.78, 5) is 0. The molecule has 1 rings (SSSR count). The molecule has 0 aliphatic carbocycles. The second-order valence-electron chi connectivity index (χ2n) is 3.70. The summed E-state index contributed by atoms with van der Waals surface area (Å²) in [5.41, 5.74) is 1.18. The van der Waals surface area contributed by atoms with E-state index < -0.39 is 0 Å². The zero-order valence-electron chi connectivity index (χ0n) is 9.59. The van der Waals surface area contributed by atoms with Crippen LogP contribution in [0.1, 0.15) is 19.5 Å². The van der Waals surface area contributed by atoms with Gasteiger partial charge in [-0.2, -0.15) is 0 Å². The predicted octanol–water partition coefficient (Wildman–Crippen LogP) is 2.19. The molecule has 0 bridgehead atoms. The van der Waals surface area contributed by atoms with Crippen LogP contribution >= 0.6 is 11.6 Å². The van der Waals surface area contributed by atoms with E-state index in [2.05, 4.69) is 12.2 Å². The van der Waals surface area contributed by atoms with Crippen molar-refractivity contribution in [2.24, 2.45) is 7.05 Å². The first-order chi connectivity index (χ1) is 7.13. The van der Waals surface area contributed by atoms with Gasteiger partial charge in [0.05, 0.1) is 11.6 Å². The topological polar surface area (TPSA) is 26.2 Å². The average molecular weight is 231 g/mol. The monoisotopic (exact) mass is 230 g/mol. The minimum Gasteiger partial charge on any atom is -0.380 e. The normalized spacial score (nSPS) is 13.1. The summed E-state index contributed by atoms with van der Waals surface area (Å²) in [6, 6.07) is 2.33. The lowest BCUT2D eigenvalue weighted by molar-refractivity contribution is 0.127. The van der Waals surface area contributed by atoms with Gasteiger partial charge in [-0.1, -0.05) is 11.6 Å². The Morgan fingerprint density at radius 3 is 2.87 bits per heavy atom. The molecule has 3 nitrogen and oxygen atoms in total. The standard InChI is InChI=1S/C11H19ClN2O/c1-4-15-8-9(2)13-6-11-5-10(12)7-14(11)3/h5,7,9,13H,4,6,8H2,1-3H3. The second-order valence-corrected chi connectivity index (χ2v) is 4.14. The van der Waals surface area contributed by atoms with Crippen molar-refractivity contribution < 1.29 is 4.74 Å². The number of hydrogen-bond acceptors (Lipinski definition) is 2. The van der Waals surface area contributed by atoms with Crippen molar-refractivity contribution in [2.45, 2.75) is 26.4 Å². The summed E-state index contributed by atoms with van der Waals surface area (Å²) in [5.74, 6) is 0. The zero-order chi connectivity index (χ0) is 11.3. The highest BCUT2D eigenvalue weighted by atomic mass is 35.5. The highest BCUT2D eigenvalue weighted by Gasteiger charge is 2.04. The van der Waals surface area contributed by atoms with Gasteiger partial charge in [0.2, 0.25) is 0 Å². The van der Waals surface area contributed by atoms with Crippen LogP contribution in [0.4, 0.5) is 0 Å². The number of aryl methyl sites for hydroxylation is 1. The van der Waals surface area contributed by atoms with Crippen molar-refractivity contribution in [3.63, 3.8) is 0 Å². The Bertz CT molecular complexity index is 299. The van der Waals surface area contributed by atoms with Crippen molar-refractivity contribution in [1.82, 2.24) is 9.88 Å². The van der Waals surface area contributed by atoms with E-state index in [1.807, 2.05) is 30.8 Å². The Morgan fingerprint density at radius 1 is 1.60 bits per heavy atom. The summed E-state index contributed by atoms with van der Waals surface area (Å²) in [6.45, 7) is 6.44. The maximum atomic E-state index is 5.89. The van der Waals surface area contributed by atoms with Crippen molar-refractivity contribution in [2.75, 3.05) is 13.2 Å². The molecule has 0 spiro atoms. The third-order valence-electron chi connectivity index (χ3n) is 2.28. The fourth-order valence-electron chi connectivity index (χ4n) is 1.37. The molecule has 1 atom stereocenters. The van der Waals surface area contributed by atoms with E-state index in [1.165, 1.54) is 5.69 Å². The van der Waals surface area contributed by atoms with Gasteiger partial charge in [-0.3, -0.25) is 0 Å². The molecule has 1 N–H and O–H groups in total. The minimum atomic E-state index is 0.360. The SMILES string of the molecule is CCOCC(C)NCc1cc(Cl)cn1C. The third kappa shape index (κ3) is 4.24. The smallest absolute Gasteiger partial charge is 0.0616 e. The molecule has 1 aromatic heterocycles. The Labute approximate surface area is 96.4 Å². The van der Waals surface area contributed by atoms with Crippen LogP contribution in [-0.4, -0.2) is 23.8 Å². The maximum absolute atomic E-state index is 5.89. The maximum Gasteiger partial charge on any atom is 0.0616 e. The van der Waals surface area contributed by atoms with Crippen LogP contribution in [-0.2, 0) is 18.3 Å². The molecule has 1 aromatic rings. The van der Waals surface area contributed by atoms with Gasteiger partial charge in [-0.25, -0.2) is 0 Å². The highest BCUT2D eigenvalue weighted by molar-refractivity contribution is 6.30. The molecular weight excluding hydrogens is 212 g/mol. The van der Waals surface area contributed by atoms with Gasteiger partial charge in [-0.05, 0) is 19.9 Å². The van der Waals surface area contributed by atoms with E-state index in [-0.39, 0.29) is 0 Å². The van der Waals surface area contributed by atoms with Crippen molar-refractivity contribution >= 4 is 11.6 Å². The van der Waals surface area contributed by atoms with Crippen LogP contribution in [0, 0.1) is 0 Å². The summed E-state index contributed by atoms with van der Waals surface area (Å²) in [7, 11) is 2.00. The van der Waals surface area contributed by atoms with Crippen LogP contribution < -0.4 is 5.32 Å². The summed E-state index contributed by atoms with van der Waals surface area (Å²) in [6.07, 6.45) is 1.91. The Morgan fingerprint density at radius 2 is 2.33 bits per heavy atom. The molecule has 0 saturated heterocycles. The van der Waals surface area contributed by atoms with Crippen LogP contribution in [0.5, 0.6) is 0 Å². The quantitative estimate of drug-likeness (QED) is 0.811. The van der Waals surface area contributed by atoms with Gasteiger partial charge in [0.15, 0.2) is 0 Å². The van der Waals surface area contributed by atoms with Gasteiger partial charge in [0.1, 0.15) is 0 Å². The van der Waals surface area contributed by atoms with Gasteiger partial charge >= 0.3 is 0 Å². The van der Waals surface area contributed by atoms with Gasteiger partial charge < -0.3 is 14.6 Å². The van der Waals surface area contributed by atoms with Crippen molar-refractivity contribution in [1.29, 1.82) is 0 Å². The summed E-state index contributed by atoms with van der Waals surface area (Å²) >= 11 is 5.89. The number of aromatic nitrogens is 1. The lowest BCUT2D eigenvalue weighted by Gasteiger charge is -2.13. The Balaban J connectivity index is 2.33. The Kier molecular flexibility index (Phi) is 5.15. The predicted molar refractivity (Wildman–Crippen MR) is 63.2 cm³/mol. The molecule has 0 aliphatic heterocycles. The molecular formula is C11H19ClN2O. The van der Waals surface area contributed by atoms with Gasteiger partial charge in [-0.15, -0.1) is 0 Å². The lowest BCUT2D eigenvalue weighted by Crippen LogP contribution is -2.30. The van der Waals surface area contributed by atoms with Crippen LogP contribution in [0.3, 0.4) is 0 Å². The zero-order valence-corrected chi connectivity index (χ0v) is 10.3. The molecule has 0 radical (unpaired) electrons. The highest BCUT2D eigenvalue weighted by Crippen LogP contribution is 2.12. The van der Waals surface area contributed by atoms with E-state index in [9.17, 15) is 0 Å². The van der Waals surface area contributed by atoms with E-state index in [0.717, 1.165) is 24.8 Å². The number of nitrogens with zero attached hydrogens (tertiary/aromatic N) is 1. The third-order valence-corrected chi connectivity index (χ3v) is 2.48.